The third-order valence-corrected chi connectivity index (χ3v) is 7.28. The lowest BCUT2D eigenvalue weighted by Crippen LogP contribution is -2.13. The molecule has 0 unspecified atom stereocenters. The van der Waals surface area contributed by atoms with Crippen LogP contribution in [0.2, 0.25) is 0 Å². The summed E-state index contributed by atoms with van der Waals surface area (Å²) in [5, 5.41) is 1.76. The summed E-state index contributed by atoms with van der Waals surface area (Å²) >= 11 is 1.21. The Kier molecular flexibility index (Phi) is 4.72. The number of rotatable bonds is 6. The van der Waals surface area contributed by atoms with Gasteiger partial charge in [0, 0.05) is 13.5 Å². The van der Waals surface area contributed by atoms with Crippen LogP contribution in [0.5, 0.6) is 0 Å². The van der Waals surface area contributed by atoms with E-state index in [1.165, 1.54) is 11.3 Å². The molecule has 0 bridgehead atoms. The predicted molar refractivity (Wildman–Crippen MR) is 110 cm³/mol. The number of hydrogen-bond acceptors (Lipinski definition) is 4. The molecule has 1 N–H and O–H groups in total. The topological polar surface area (TPSA) is 64.0 Å². The van der Waals surface area contributed by atoms with Crippen molar-refractivity contribution >= 4 is 38.1 Å². The summed E-state index contributed by atoms with van der Waals surface area (Å²) in [6.07, 6.45) is 1.42. The number of para-hydroxylation sites is 3. The Bertz CT molecular complexity index is 1180. The highest BCUT2D eigenvalue weighted by molar-refractivity contribution is 7.94. The fraction of sp³-hybridized carbons (Fsp3) is 0.150. The summed E-state index contributed by atoms with van der Waals surface area (Å²) in [5.41, 5.74) is 3.63. The van der Waals surface area contributed by atoms with E-state index in [9.17, 15) is 8.42 Å². The molecule has 2 aromatic heterocycles. The third-order valence-electron chi connectivity index (χ3n) is 4.52. The molecule has 0 saturated carbocycles. The molecular weight excluding hydrogens is 378 g/mol. The van der Waals surface area contributed by atoms with Crippen molar-refractivity contribution in [3.63, 3.8) is 0 Å². The van der Waals surface area contributed by atoms with Crippen LogP contribution >= 0.6 is 11.3 Å². The van der Waals surface area contributed by atoms with Gasteiger partial charge in [-0.2, -0.15) is 0 Å². The van der Waals surface area contributed by atoms with Crippen LogP contribution in [0.15, 0.2) is 70.3 Å². The second-order valence-corrected chi connectivity index (χ2v) is 9.13. The van der Waals surface area contributed by atoms with E-state index in [0.717, 1.165) is 28.8 Å². The van der Waals surface area contributed by atoms with E-state index in [2.05, 4.69) is 15.4 Å². The molecule has 138 valence electrons. The molecule has 2 aromatic carbocycles. The number of sulfonamides is 1. The van der Waals surface area contributed by atoms with Crippen LogP contribution in [0.4, 0.5) is 5.69 Å². The van der Waals surface area contributed by atoms with Crippen molar-refractivity contribution in [2.45, 2.75) is 17.1 Å². The summed E-state index contributed by atoms with van der Waals surface area (Å²) in [5.74, 6) is 0.979. The molecule has 0 aliphatic rings. The van der Waals surface area contributed by atoms with Crippen molar-refractivity contribution in [1.29, 1.82) is 0 Å². The zero-order valence-electron chi connectivity index (χ0n) is 14.8. The van der Waals surface area contributed by atoms with Gasteiger partial charge in [0.2, 0.25) is 0 Å². The van der Waals surface area contributed by atoms with E-state index in [-0.39, 0.29) is 0 Å². The van der Waals surface area contributed by atoms with Crippen molar-refractivity contribution < 1.29 is 8.42 Å². The van der Waals surface area contributed by atoms with Gasteiger partial charge in [0.15, 0.2) is 0 Å². The summed E-state index contributed by atoms with van der Waals surface area (Å²) < 4.78 is 30.2. The molecule has 0 aliphatic carbocycles. The second-order valence-electron chi connectivity index (χ2n) is 6.27. The van der Waals surface area contributed by atoms with Gasteiger partial charge < -0.3 is 4.57 Å². The number of aryl methyl sites for hydroxylation is 3. The molecule has 7 heteroatoms. The van der Waals surface area contributed by atoms with Gasteiger partial charge in [-0.05, 0) is 41.6 Å². The highest BCUT2D eigenvalue weighted by Crippen LogP contribution is 2.24. The minimum Gasteiger partial charge on any atom is -0.331 e. The zero-order chi connectivity index (χ0) is 18.9. The van der Waals surface area contributed by atoms with Gasteiger partial charge in [-0.3, -0.25) is 4.72 Å². The Morgan fingerprint density at radius 1 is 1.00 bits per heavy atom. The summed E-state index contributed by atoms with van der Waals surface area (Å²) in [4.78, 5) is 4.70. The molecule has 0 atom stereocenters. The Morgan fingerprint density at radius 2 is 1.78 bits per heavy atom. The monoisotopic (exact) mass is 397 g/mol. The average Bonchev–Trinajstić information content (AvgIpc) is 3.31. The average molecular weight is 398 g/mol. The third kappa shape index (κ3) is 3.61. The number of nitrogens with one attached hydrogen (secondary N) is 1. The van der Waals surface area contributed by atoms with Crippen molar-refractivity contribution in [2.24, 2.45) is 7.05 Å². The maximum atomic E-state index is 12.5. The molecule has 0 radical (unpaired) electrons. The predicted octanol–water partition coefficient (Wildman–Crippen LogP) is 4.22. The smallest absolute Gasteiger partial charge is 0.271 e. The molecular formula is C20H19N3O2S2. The Hall–Kier alpha value is -2.64. The van der Waals surface area contributed by atoms with E-state index >= 15 is 0 Å². The molecule has 0 amide bonds. The number of aromatic nitrogens is 2. The molecule has 27 heavy (non-hydrogen) atoms. The van der Waals surface area contributed by atoms with Crippen LogP contribution < -0.4 is 4.72 Å². The standard InChI is InChI=1S/C20H19N3O2S2/c1-23-18-10-5-4-9-17(18)21-19(23)13-12-15-7-2-3-8-16(15)22-27(24,25)20-11-6-14-26-20/h2-11,14,22H,12-13H2,1H3. The molecule has 4 rings (SSSR count). The van der Waals surface area contributed by atoms with Gasteiger partial charge in [-0.25, -0.2) is 13.4 Å². The van der Waals surface area contributed by atoms with Gasteiger partial charge in [0.25, 0.3) is 10.0 Å². The van der Waals surface area contributed by atoms with Crippen LogP contribution in [0.1, 0.15) is 11.4 Å². The second kappa shape index (κ2) is 7.17. The quantitative estimate of drug-likeness (QED) is 0.530. The minimum atomic E-state index is -3.56. The number of thiophene rings is 1. The summed E-state index contributed by atoms with van der Waals surface area (Å²) in [6, 6.07) is 18.9. The zero-order valence-corrected chi connectivity index (χ0v) is 16.4. The number of nitrogens with zero attached hydrogens (tertiary/aromatic N) is 2. The van der Waals surface area contributed by atoms with E-state index in [0.29, 0.717) is 16.3 Å². The molecule has 5 nitrogen and oxygen atoms in total. The van der Waals surface area contributed by atoms with E-state index < -0.39 is 10.0 Å². The van der Waals surface area contributed by atoms with E-state index in [1.807, 2.05) is 43.4 Å². The fourth-order valence-electron chi connectivity index (χ4n) is 3.11. The Labute approximate surface area is 162 Å². The first-order valence-corrected chi connectivity index (χ1v) is 11.0. The van der Waals surface area contributed by atoms with Crippen LogP contribution in [-0.2, 0) is 29.9 Å². The molecule has 2 heterocycles. The van der Waals surface area contributed by atoms with Crippen molar-refractivity contribution in [1.82, 2.24) is 9.55 Å². The molecule has 4 aromatic rings. The molecule has 0 fully saturated rings. The van der Waals surface area contributed by atoms with Gasteiger partial charge in [-0.15, -0.1) is 11.3 Å². The van der Waals surface area contributed by atoms with Gasteiger partial charge in [0.05, 0.1) is 16.7 Å². The lowest BCUT2D eigenvalue weighted by Gasteiger charge is -2.12. The van der Waals surface area contributed by atoms with E-state index in [4.69, 9.17) is 4.98 Å². The van der Waals surface area contributed by atoms with Gasteiger partial charge >= 0.3 is 0 Å². The first-order valence-electron chi connectivity index (χ1n) is 8.59. The highest BCUT2D eigenvalue weighted by atomic mass is 32.2. The van der Waals surface area contributed by atoms with Crippen molar-refractivity contribution in [3.05, 3.63) is 77.4 Å². The SMILES string of the molecule is Cn1c(CCc2ccccc2NS(=O)(=O)c2cccs2)nc2ccccc21. The van der Waals surface area contributed by atoms with E-state index in [1.54, 1.807) is 23.6 Å². The molecule has 0 spiro atoms. The summed E-state index contributed by atoms with van der Waals surface area (Å²) in [7, 11) is -1.55. The van der Waals surface area contributed by atoms with Crippen LogP contribution in [0.3, 0.4) is 0 Å². The Balaban J connectivity index is 1.57. The van der Waals surface area contributed by atoms with Gasteiger partial charge in [-0.1, -0.05) is 36.4 Å². The normalized spacial score (nSPS) is 11.7. The maximum Gasteiger partial charge on any atom is 0.271 e. The maximum absolute atomic E-state index is 12.5. The number of hydrogen-bond donors (Lipinski definition) is 1. The van der Waals surface area contributed by atoms with Crippen LogP contribution in [-0.4, -0.2) is 18.0 Å². The van der Waals surface area contributed by atoms with Crippen molar-refractivity contribution in [3.8, 4) is 0 Å². The lowest BCUT2D eigenvalue weighted by atomic mass is 10.1. The first kappa shape index (κ1) is 17.8. The number of anilines is 1. The first-order chi connectivity index (χ1) is 13.0. The number of benzene rings is 2. The Morgan fingerprint density at radius 3 is 2.56 bits per heavy atom. The number of fused-ring (bicyclic) bond motifs is 1. The largest absolute Gasteiger partial charge is 0.331 e. The molecule has 0 saturated heterocycles. The highest BCUT2D eigenvalue weighted by Gasteiger charge is 2.17. The van der Waals surface area contributed by atoms with Crippen LogP contribution in [0, 0.1) is 0 Å². The lowest BCUT2D eigenvalue weighted by molar-refractivity contribution is 0.603. The minimum absolute atomic E-state index is 0.313. The van der Waals surface area contributed by atoms with Crippen LogP contribution in [0.25, 0.3) is 11.0 Å². The number of imidazole rings is 1. The van der Waals surface area contributed by atoms with Gasteiger partial charge in [0.1, 0.15) is 10.0 Å². The fourth-order valence-corrected chi connectivity index (χ4v) is 5.21. The summed E-state index contributed by atoms with van der Waals surface area (Å²) in [6.45, 7) is 0. The van der Waals surface area contributed by atoms with Crippen molar-refractivity contribution in [2.75, 3.05) is 4.72 Å². The molecule has 0 aliphatic heterocycles.